The van der Waals surface area contributed by atoms with Gasteiger partial charge in [-0.2, -0.15) is 0 Å². The lowest BCUT2D eigenvalue weighted by Crippen LogP contribution is -2.48. The third-order valence-electron chi connectivity index (χ3n) is 5.07. The number of hydrogen-bond acceptors (Lipinski definition) is 4. The Morgan fingerprint density at radius 1 is 0.966 bits per heavy atom. The van der Waals surface area contributed by atoms with Gasteiger partial charge in [-0.05, 0) is 37.6 Å². The normalized spacial score (nSPS) is 15.1. The summed E-state index contributed by atoms with van der Waals surface area (Å²) in [5, 5.41) is 5.68. The largest absolute Gasteiger partial charge is 0.352 e. The van der Waals surface area contributed by atoms with Crippen LogP contribution in [0.2, 0.25) is 0 Å². The smallest absolute Gasteiger partial charge is 0.251 e. The topological polar surface area (TPSA) is 64.7 Å². The monoisotopic (exact) mass is 394 g/mol. The lowest BCUT2D eigenvalue weighted by atomic mass is 10.1. The minimum absolute atomic E-state index is 0.0508. The molecule has 0 radical (unpaired) electrons. The van der Waals surface area contributed by atoms with Crippen LogP contribution in [-0.2, 0) is 11.3 Å². The van der Waals surface area contributed by atoms with Crippen molar-refractivity contribution in [2.45, 2.75) is 20.4 Å². The maximum absolute atomic E-state index is 12.4. The van der Waals surface area contributed by atoms with E-state index in [9.17, 15) is 9.59 Å². The highest BCUT2D eigenvalue weighted by atomic mass is 16.2. The van der Waals surface area contributed by atoms with Crippen molar-refractivity contribution in [1.29, 1.82) is 0 Å². The highest BCUT2D eigenvalue weighted by molar-refractivity contribution is 5.97. The van der Waals surface area contributed by atoms with E-state index < -0.39 is 0 Å². The first-order chi connectivity index (χ1) is 14.0. The molecule has 6 heteroatoms. The van der Waals surface area contributed by atoms with Gasteiger partial charge in [-0.3, -0.25) is 19.4 Å². The van der Waals surface area contributed by atoms with Crippen LogP contribution in [0.4, 0.5) is 5.69 Å². The number of hydrogen-bond donors (Lipinski definition) is 2. The number of amides is 2. The zero-order chi connectivity index (χ0) is 20.6. The van der Waals surface area contributed by atoms with E-state index in [4.69, 9.17) is 0 Å². The number of piperazine rings is 1. The van der Waals surface area contributed by atoms with Crippen LogP contribution in [0.3, 0.4) is 0 Å². The summed E-state index contributed by atoms with van der Waals surface area (Å²) in [6.07, 6.45) is 0. The number of rotatable bonds is 7. The van der Waals surface area contributed by atoms with Gasteiger partial charge in [0.15, 0.2) is 0 Å². The predicted octanol–water partition coefficient (Wildman–Crippen LogP) is 2.50. The number of carbonyl (C=O) groups excluding carboxylic acids is 2. The molecule has 0 bridgehead atoms. The number of benzene rings is 2. The van der Waals surface area contributed by atoms with Crippen LogP contribution in [0.1, 0.15) is 28.4 Å². The molecule has 1 aliphatic rings. The lowest BCUT2D eigenvalue weighted by Gasteiger charge is -2.34. The molecule has 1 aliphatic heterocycles. The van der Waals surface area contributed by atoms with E-state index in [-0.39, 0.29) is 11.8 Å². The van der Waals surface area contributed by atoms with Gasteiger partial charge < -0.3 is 10.6 Å². The van der Waals surface area contributed by atoms with E-state index in [1.807, 2.05) is 6.92 Å². The molecule has 0 spiro atoms. The summed E-state index contributed by atoms with van der Waals surface area (Å²) in [4.78, 5) is 29.0. The summed E-state index contributed by atoms with van der Waals surface area (Å²) in [5.74, 6) is -0.182. The van der Waals surface area contributed by atoms with Crippen molar-refractivity contribution in [1.82, 2.24) is 15.1 Å². The molecule has 1 heterocycles. The second-order valence-corrected chi connectivity index (χ2v) is 7.53. The Kier molecular flexibility index (Phi) is 7.38. The molecule has 2 aromatic rings. The van der Waals surface area contributed by atoms with E-state index >= 15 is 0 Å². The van der Waals surface area contributed by atoms with E-state index in [1.54, 1.807) is 24.3 Å². The molecule has 3 rings (SSSR count). The number of carbonyl (C=O) groups is 2. The van der Waals surface area contributed by atoms with Crippen molar-refractivity contribution >= 4 is 17.5 Å². The SMILES string of the molecule is CCNC(=O)c1cccc(NC(=O)CN2CCN(Cc3cccc(C)c3)CC2)c1. The molecule has 154 valence electrons. The lowest BCUT2D eigenvalue weighted by molar-refractivity contribution is -0.117. The van der Waals surface area contributed by atoms with Gasteiger partial charge in [0.05, 0.1) is 6.54 Å². The molecule has 2 N–H and O–H groups in total. The van der Waals surface area contributed by atoms with E-state index in [2.05, 4.69) is 51.6 Å². The highest BCUT2D eigenvalue weighted by Crippen LogP contribution is 2.12. The molecule has 0 unspecified atom stereocenters. The molecule has 0 aromatic heterocycles. The average Bonchev–Trinajstić information content (AvgIpc) is 2.70. The molecule has 0 aliphatic carbocycles. The Morgan fingerprint density at radius 3 is 2.41 bits per heavy atom. The van der Waals surface area contributed by atoms with Crippen molar-refractivity contribution in [2.75, 3.05) is 44.6 Å². The average molecular weight is 395 g/mol. The summed E-state index contributed by atoms with van der Waals surface area (Å²) < 4.78 is 0. The molecule has 1 saturated heterocycles. The van der Waals surface area contributed by atoms with Gasteiger partial charge in [0.2, 0.25) is 5.91 Å². The molecule has 0 atom stereocenters. The van der Waals surface area contributed by atoms with Gasteiger partial charge in [-0.15, -0.1) is 0 Å². The first-order valence-electron chi connectivity index (χ1n) is 10.2. The zero-order valence-electron chi connectivity index (χ0n) is 17.3. The van der Waals surface area contributed by atoms with Crippen LogP contribution in [0.5, 0.6) is 0 Å². The fourth-order valence-electron chi connectivity index (χ4n) is 3.58. The summed E-state index contributed by atoms with van der Waals surface area (Å²) >= 11 is 0. The van der Waals surface area contributed by atoms with E-state index in [0.717, 1.165) is 32.7 Å². The first-order valence-corrected chi connectivity index (χ1v) is 10.2. The summed E-state index contributed by atoms with van der Waals surface area (Å²) in [5.41, 5.74) is 3.82. The summed E-state index contributed by atoms with van der Waals surface area (Å²) in [7, 11) is 0. The van der Waals surface area contributed by atoms with Gasteiger partial charge in [0.25, 0.3) is 5.91 Å². The Balaban J connectivity index is 1.45. The molecular weight excluding hydrogens is 364 g/mol. The zero-order valence-corrected chi connectivity index (χ0v) is 17.3. The Bertz CT molecular complexity index is 844. The second-order valence-electron chi connectivity index (χ2n) is 7.53. The van der Waals surface area contributed by atoms with Gasteiger partial charge in [0.1, 0.15) is 0 Å². The molecule has 29 heavy (non-hydrogen) atoms. The Morgan fingerprint density at radius 2 is 1.69 bits per heavy atom. The minimum Gasteiger partial charge on any atom is -0.352 e. The number of nitrogens with one attached hydrogen (secondary N) is 2. The molecule has 2 aromatic carbocycles. The van der Waals surface area contributed by atoms with E-state index in [1.165, 1.54) is 11.1 Å². The molecule has 6 nitrogen and oxygen atoms in total. The van der Waals surface area contributed by atoms with Crippen LogP contribution in [0.15, 0.2) is 48.5 Å². The fraction of sp³-hybridized carbons (Fsp3) is 0.391. The van der Waals surface area contributed by atoms with Crippen LogP contribution in [0, 0.1) is 6.92 Å². The third-order valence-corrected chi connectivity index (χ3v) is 5.07. The first kappa shape index (κ1) is 21.0. The van der Waals surface area contributed by atoms with Crippen molar-refractivity contribution < 1.29 is 9.59 Å². The molecular formula is C23H30N4O2. The van der Waals surface area contributed by atoms with Gasteiger partial charge in [-0.1, -0.05) is 35.9 Å². The van der Waals surface area contributed by atoms with Gasteiger partial charge in [0, 0.05) is 50.5 Å². The van der Waals surface area contributed by atoms with Crippen LogP contribution < -0.4 is 10.6 Å². The Labute approximate surface area is 172 Å². The van der Waals surface area contributed by atoms with E-state index in [0.29, 0.717) is 24.3 Å². The van der Waals surface area contributed by atoms with Crippen molar-refractivity contribution in [3.8, 4) is 0 Å². The second kappa shape index (κ2) is 10.2. The van der Waals surface area contributed by atoms with Crippen molar-refractivity contribution in [2.24, 2.45) is 0 Å². The number of aryl methyl sites for hydroxylation is 1. The standard InChI is InChI=1S/C23H30N4O2/c1-3-24-23(29)20-8-5-9-21(15-20)25-22(28)17-27-12-10-26(11-13-27)16-19-7-4-6-18(2)14-19/h4-9,14-15H,3,10-13,16-17H2,1-2H3,(H,24,29)(H,25,28). The number of nitrogens with zero attached hydrogens (tertiary/aromatic N) is 2. The molecule has 0 saturated carbocycles. The summed E-state index contributed by atoms with van der Waals surface area (Å²) in [6.45, 7) is 9.54. The maximum atomic E-state index is 12.4. The number of anilines is 1. The highest BCUT2D eigenvalue weighted by Gasteiger charge is 2.19. The maximum Gasteiger partial charge on any atom is 0.251 e. The Hall–Kier alpha value is -2.70. The van der Waals surface area contributed by atoms with Gasteiger partial charge >= 0.3 is 0 Å². The van der Waals surface area contributed by atoms with Crippen LogP contribution in [0.25, 0.3) is 0 Å². The quantitative estimate of drug-likeness (QED) is 0.757. The van der Waals surface area contributed by atoms with Crippen LogP contribution >= 0.6 is 0 Å². The molecule has 2 amide bonds. The summed E-state index contributed by atoms with van der Waals surface area (Å²) in [6, 6.07) is 15.7. The molecule has 1 fully saturated rings. The fourth-order valence-corrected chi connectivity index (χ4v) is 3.58. The third kappa shape index (κ3) is 6.41. The van der Waals surface area contributed by atoms with Gasteiger partial charge in [-0.25, -0.2) is 0 Å². The van der Waals surface area contributed by atoms with Crippen LogP contribution in [-0.4, -0.2) is 60.9 Å². The van der Waals surface area contributed by atoms with Crippen molar-refractivity contribution in [3.05, 3.63) is 65.2 Å². The minimum atomic E-state index is -0.131. The van der Waals surface area contributed by atoms with Crippen molar-refractivity contribution in [3.63, 3.8) is 0 Å². The predicted molar refractivity (Wildman–Crippen MR) is 116 cm³/mol.